The summed E-state index contributed by atoms with van der Waals surface area (Å²) in [6.07, 6.45) is 1.76. The van der Waals surface area contributed by atoms with Crippen molar-refractivity contribution in [3.05, 3.63) is 36.1 Å². The van der Waals surface area contributed by atoms with E-state index in [1.165, 1.54) is 0 Å². The van der Waals surface area contributed by atoms with E-state index in [2.05, 4.69) is 10.7 Å². The zero-order valence-corrected chi connectivity index (χ0v) is 11.0. The minimum absolute atomic E-state index is 0.0547. The summed E-state index contributed by atoms with van der Waals surface area (Å²) in [6, 6.07) is 8.78. The molecule has 7 nitrogen and oxygen atoms in total. The van der Waals surface area contributed by atoms with Gasteiger partial charge in [-0.2, -0.15) is 0 Å². The highest BCUT2D eigenvalue weighted by atomic mass is 16.3. The van der Waals surface area contributed by atoms with Gasteiger partial charge in [0.05, 0.1) is 0 Å². The number of carbonyl (C=O) groups excluding carboxylic acids is 3. The summed E-state index contributed by atoms with van der Waals surface area (Å²) in [5.41, 5.74) is 4.76. The quantitative estimate of drug-likeness (QED) is 0.552. The monoisotopic (exact) mass is 287 g/mol. The van der Waals surface area contributed by atoms with Crippen LogP contribution in [0.5, 0.6) is 0 Å². The highest BCUT2D eigenvalue weighted by Crippen LogP contribution is 2.19. The van der Waals surface area contributed by atoms with Gasteiger partial charge >= 0.3 is 17.7 Å². The predicted molar refractivity (Wildman–Crippen MR) is 73.0 cm³/mol. The van der Waals surface area contributed by atoms with Crippen molar-refractivity contribution in [1.29, 1.82) is 0 Å². The molecule has 1 fully saturated rings. The number of hydrogen-bond donors (Lipinski definition) is 3. The first kappa shape index (κ1) is 13.2. The van der Waals surface area contributed by atoms with Crippen LogP contribution in [-0.4, -0.2) is 23.8 Å². The molecule has 21 heavy (non-hydrogen) atoms. The van der Waals surface area contributed by atoms with Crippen molar-refractivity contribution < 1.29 is 18.8 Å². The second-order valence-electron chi connectivity index (χ2n) is 4.80. The Hall–Kier alpha value is -2.83. The molecule has 1 aliphatic carbocycles. The van der Waals surface area contributed by atoms with Crippen LogP contribution in [0.3, 0.4) is 0 Å². The molecule has 3 N–H and O–H groups in total. The molecule has 0 unspecified atom stereocenters. The van der Waals surface area contributed by atoms with E-state index in [0.29, 0.717) is 5.58 Å². The standard InChI is InChI=1S/C14H13N3O4/c18-12(11-7-8-3-1-2-4-10(8)21-11)16-17-14(20)13(19)15-9-5-6-9/h1-4,7,9H,5-6H2,(H,15,19)(H,16,18)(H,17,20). The second kappa shape index (κ2) is 5.28. The van der Waals surface area contributed by atoms with Crippen LogP contribution >= 0.6 is 0 Å². The van der Waals surface area contributed by atoms with E-state index in [1.807, 2.05) is 11.5 Å². The van der Waals surface area contributed by atoms with E-state index in [0.717, 1.165) is 18.2 Å². The average molecular weight is 287 g/mol. The maximum atomic E-state index is 11.8. The maximum absolute atomic E-state index is 11.8. The zero-order valence-electron chi connectivity index (χ0n) is 11.0. The number of benzene rings is 1. The number of fused-ring (bicyclic) bond motifs is 1. The molecule has 3 rings (SSSR count). The number of amides is 3. The molecule has 0 radical (unpaired) electrons. The summed E-state index contributed by atoms with van der Waals surface area (Å²) in [6.45, 7) is 0. The number of para-hydroxylation sites is 1. The van der Waals surface area contributed by atoms with Crippen LogP contribution in [0.2, 0.25) is 0 Å². The van der Waals surface area contributed by atoms with Crippen molar-refractivity contribution >= 4 is 28.7 Å². The van der Waals surface area contributed by atoms with Crippen molar-refractivity contribution in [2.75, 3.05) is 0 Å². The summed E-state index contributed by atoms with van der Waals surface area (Å²) < 4.78 is 5.33. The van der Waals surface area contributed by atoms with Gasteiger partial charge in [0.25, 0.3) is 0 Å². The van der Waals surface area contributed by atoms with Crippen molar-refractivity contribution in [3.63, 3.8) is 0 Å². The Labute approximate surface area is 119 Å². The lowest BCUT2D eigenvalue weighted by atomic mass is 10.2. The van der Waals surface area contributed by atoms with Gasteiger partial charge < -0.3 is 9.73 Å². The fourth-order valence-electron chi connectivity index (χ4n) is 1.80. The Morgan fingerprint density at radius 3 is 2.52 bits per heavy atom. The molecular formula is C14H13N3O4. The highest BCUT2D eigenvalue weighted by molar-refractivity contribution is 6.35. The van der Waals surface area contributed by atoms with Crippen molar-refractivity contribution in [1.82, 2.24) is 16.2 Å². The van der Waals surface area contributed by atoms with Gasteiger partial charge in [-0.3, -0.25) is 25.2 Å². The van der Waals surface area contributed by atoms with Gasteiger partial charge in [-0.15, -0.1) is 0 Å². The number of furan rings is 1. The van der Waals surface area contributed by atoms with Crippen LogP contribution in [0, 0.1) is 0 Å². The van der Waals surface area contributed by atoms with E-state index < -0.39 is 17.7 Å². The molecule has 1 aliphatic rings. The Balaban J connectivity index is 1.58. The summed E-state index contributed by atoms with van der Waals surface area (Å²) in [4.78, 5) is 34.7. The SMILES string of the molecule is O=C(NNC(=O)c1cc2ccccc2o1)C(=O)NC1CC1. The maximum Gasteiger partial charge on any atom is 0.327 e. The molecule has 1 aromatic heterocycles. The molecule has 7 heteroatoms. The van der Waals surface area contributed by atoms with Gasteiger partial charge in [0.15, 0.2) is 5.76 Å². The zero-order chi connectivity index (χ0) is 14.8. The highest BCUT2D eigenvalue weighted by Gasteiger charge is 2.26. The molecular weight excluding hydrogens is 274 g/mol. The third-order valence-electron chi connectivity index (χ3n) is 3.06. The number of carbonyl (C=O) groups is 3. The Morgan fingerprint density at radius 2 is 1.81 bits per heavy atom. The van der Waals surface area contributed by atoms with E-state index in [-0.39, 0.29) is 11.8 Å². The third-order valence-corrected chi connectivity index (χ3v) is 3.06. The van der Waals surface area contributed by atoms with Crippen LogP contribution in [0.1, 0.15) is 23.4 Å². The number of rotatable bonds is 2. The van der Waals surface area contributed by atoms with Crippen LogP contribution in [0.25, 0.3) is 11.0 Å². The van der Waals surface area contributed by atoms with Gasteiger partial charge in [-0.1, -0.05) is 18.2 Å². The molecule has 1 saturated carbocycles. The lowest BCUT2D eigenvalue weighted by Crippen LogP contribution is -2.48. The van der Waals surface area contributed by atoms with Gasteiger partial charge in [0.1, 0.15) is 5.58 Å². The van der Waals surface area contributed by atoms with Crippen molar-refractivity contribution in [2.45, 2.75) is 18.9 Å². The summed E-state index contributed by atoms with van der Waals surface area (Å²) in [5, 5.41) is 3.29. The Bertz CT molecular complexity index is 685. The Kier molecular flexibility index (Phi) is 3.31. The molecule has 0 atom stereocenters. The minimum atomic E-state index is -0.911. The molecule has 1 heterocycles. The third kappa shape index (κ3) is 3.02. The van der Waals surface area contributed by atoms with E-state index in [1.54, 1.807) is 24.3 Å². The first-order valence-electron chi connectivity index (χ1n) is 6.53. The fraction of sp³-hybridized carbons (Fsp3) is 0.214. The van der Waals surface area contributed by atoms with Crippen LogP contribution in [0.4, 0.5) is 0 Å². The number of hydrazine groups is 1. The molecule has 1 aromatic carbocycles. The number of hydrogen-bond acceptors (Lipinski definition) is 4. The smallest absolute Gasteiger partial charge is 0.327 e. The van der Waals surface area contributed by atoms with Crippen LogP contribution < -0.4 is 16.2 Å². The van der Waals surface area contributed by atoms with Gasteiger partial charge in [-0.05, 0) is 25.0 Å². The van der Waals surface area contributed by atoms with Gasteiger partial charge in [0, 0.05) is 11.4 Å². The van der Waals surface area contributed by atoms with Gasteiger partial charge in [-0.25, -0.2) is 0 Å². The van der Waals surface area contributed by atoms with E-state index >= 15 is 0 Å². The molecule has 2 aromatic rings. The normalized spacial score (nSPS) is 13.7. The fourth-order valence-corrected chi connectivity index (χ4v) is 1.80. The molecule has 0 saturated heterocycles. The lowest BCUT2D eigenvalue weighted by Gasteiger charge is -2.05. The Morgan fingerprint density at radius 1 is 1.05 bits per heavy atom. The van der Waals surface area contributed by atoms with E-state index in [9.17, 15) is 14.4 Å². The summed E-state index contributed by atoms with van der Waals surface area (Å²) in [7, 11) is 0. The average Bonchev–Trinajstić information content (AvgIpc) is 3.18. The van der Waals surface area contributed by atoms with Crippen LogP contribution in [-0.2, 0) is 9.59 Å². The summed E-state index contributed by atoms with van der Waals surface area (Å²) in [5.74, 6) is -2.24. The molecule has 3 amide bonds. The molecule has 108 valence electrons. The van der Waals surface area contributed by atoms with Crippen LogP contribution in [0.15, 0.2) is 34.7 Å². The minimum Gasteiger partial charge on any atom is -0.451 e. The molecule has 0 bridgehead atoms. The van der Waals surface area contributed by atoms with Crippen molar-refractivity contribution in [2.24, 2.45) is 0 Å². The lowest BCUT2D eigenvalue weighted by molar-refractivity contribution is -0.139. The summed E-state index contributed by atoms with van der Waals surface area (Å²) >= 11 is 0. The molecule has 0 spiro atoms. The largest absolute Gasteiger partial charge is 0.451 e. The van der Waals surface area contributed by atoms with Crippen molar-refractivity contribution in [3.8, 4) is 0 Å². The second-order valence-corrected chi connectivity index (χ2v) is 4.80. The predicted octanol–water partition coefficient (Wildman–Crippen LogP) is 0.472. The molecule has 0 aliphatic heterocycles. The number of nitrogens with one attached hydrogen (secondary N) is 3. The first-order valence-corrected chi connectivity index (χ1v) is 6.53. The van der Waals surface area contributed by atoms with Gasteiger partial charge in [0.2, 0.25) is 0 Å². The topological polar surface area (TPSA) is 100 Å². The first-order chi connectivity index (χ1) is 10.1. The van der Waals surface area contributed by atoms with E-state index in [4.69, 9.17) is 4.42 Å².